The maximum Gasteiger partial charge on any atom is 0.239 e. The molecule has 1 N–H and O–H groups in total. The van der Waals surface area contributed by atoms with E-state index in [9.17, 15) is 9.59 Å². The van der Waals surface area contributed by atoms with Crippen molar-refractivity contribution in [1.29, 1.82) is 0 Å². The summed E-state index contributed by atoms with van der Waals surface area (Å²) in [5.41, 5.74) is 0.465. The average molecular weight is 351 g/mol. The molecule has 1 aliphatic rings. The first-order valence-corrected chi connectivity index (χ1v) is 9.23. The van der Waals surface area contributed by atoms with Gasteiger partial charge in [-0.1, -0.05) is 44.0 Å². The van der Waals surface area contributed by atoms with Crippen LogP contribution in [0.2, 0.25) is 5.02 Å². The molecule has 0 bridgehead atoms. The van der Waals surface area contributed by atoms with E-state index in [1.165, 1.54) is 0 Å². The topological polar surface area (TPSA) is 49.4 Å². The van der Waals surface area contributed by atoms with E-state index in [1.54, 1.807) is 4.90 Å². The number of amides is 2. The summed E-state index contributed by atoms with van der Waals surface area (Å²) in [5.74, 6) is -0.0243. The Morgan fingerprint density at radius 3 is 2.54 bits per heavy atom. The largest absolute Gasteiger partial charge is 0.355 e. The Morgan fingerprint density at radius 1 is 1.25 bits per heavy atom. The Morgan fingerprint density at radius 2 is 2.00 bits per heavy atom. The SMILES string of the molecule is CCCNC(=O)CN(CCC)C(=O)C1(c2cccc(Cl)c2)CCC1. The van der Waals surface area contributed by atoms with Crippen LogP contribution >= 0.6 is 11.6 Å². The Balaban J connectivity index is 2.18. The highest BCUT2D eigenvalue weighted by molar-refractivity contribution is 6.30. The van der Waals surface area contributed by atoms with Gasteiger partial charge in [0, 0.05) is 18.1 Å². The van der Waals surface area contributed by atoms with Crippen molar-refractivity contribution in [3.05, 3.63) is 34.9 Å². The van der Waals surface area contributed by atoms with Crippen LogP contribution in [-0.2, 0) is 15.0 Å². The first kappa shape index (κ1) is 18.8. The van der Waals surface area contributed by atoms with Crippen molar-refractivity contribution < 1.29 is 9.59 Å². The summed E-state index contributed by atoms with van der Waals surface area (Å²) in [6, 6.07) is 7.58. The maximum absolute atomic E-state index is 13.3. The standard InChI is InChI=1S/C19H27ClN2O2/c1-3-11-21-17(23)14-22(12-4-2)18(24)19(9-6-10-19)15-7-5-8-16(20)13-15/h5,7-8,13H,3-4,6,9-12,14H2,1-2H3,(H,21,23). The molecule has 1 aliphatic carbocycles. The van der Waals surface area contributed by atoms with E-state index in [0.717, 1.165) is 37.7 Å². The van der Waals surface area contributed by atoms with Gasteiger partial charge in [0.05, 0.1) is 12.0 Å². The van der Waals surface area contributed by atoms with E-state index in [0.29, 0.717) is 18.1 Å². The minimum absolute atomic E-state index is 0.0597. The fraction of sp³-hybridized carbons (Fsp3) is 0.579. The number of nitrogens with one attached hydrogen (secondary N) is 1. The zero-order valence-electron chi connectivity index (χ0n) is 14.6. The number of carbonyl (C=O) groups excluding carboxylic acids is 2. The van der Waals surface area contributed by atoms with Crippen molar-refractivity contribution in [1.82, 2.24) is 10.2 Å². The van der Waals surface area contributed by atoms with E-state index in [-0.39, 0.29) is 18.4 Å². The molecule has 4 nitrogen and oxygen atoms in total. The van der Waals surface area contributed by atoms with Gasteiger partial charge in [-0.05, 0) is 43.4 Å². The van der Waals surface area contributed by atoms with E-state index in [1.807, 2.05) is 38.1 Å². The van der Waals surface area contributed by atoms with Crippen LogP contribution in [0.1, 0.15) is 51.5 Å². The number of hydrogen-bond donors (Lipinski definition) is 1. The van der Waals surface area contributed by atoms with Gasteiger partial charge in [0.2, 0.25) is 11.8 Å². The molecule has 0 heterocycles. The molecule has 1 aromatic rings. The normalized spacial score (nSPS) is 15.5. The molecule has 0 spiro atoms. The summed E-state index contributed by atoms with van der Waals surface area (Å²) >= 11 is 6.13. The fourth-order valence-corrected chi connectivity index (χ4v) is 3.45. The van der Waals surface area contributed by atoms with Gasteiger partial charge >= 0.3 is 0 Å². The highest BCUT2D eigenvalue weighted by Gasteiger charge is 2.47. The van der Waals surface area contributed by atoms with Crippen LogP contribution in [0.3, 0.4) is 0 Å². The second kappa shape index (κ2) is 8.52. The van der Waals surface area contributed by atoms with Gasteiger partial charge in [0.25, 0.3) is 0 Å². The molecule has 0 aliphatic heterocycles. The summed E-state index contributed by atoms with van der Waals surface area (Å²) in [6.07, 6.45) is 4.39. The zero-order valence-corrected chi connectivity index (χ0v) is 15.4. The number of rotatable bonds is 8. The summed E-state index contributed by atoms with van der Waals surface area (Å²) in [4.78, 5) is 27.1. The molecule has 0 saturated heterocycles. The van der Waals surface area contributed by atoms with Crippen molar-refractivity contribution >= 4 is 23.4 Å². The van der Waals surface area contributed by atoms with Crippen LogP contribution < -0.4 is 5.32 Å². The smallest absolute Gasteiger partial charge is 0.239 e. The van der Waals surface area contributed by atoms with Crippen LogP contribution in [0.15, 0.2) is 24.3 Å². The zero-order chi connectivity index (χ0) is 17.6. The quantitative estimate of drug-likeness (QED) is 0.779. The molecule has 132 valence electrons. The molecule has 0 atom stereocenters. The van der Waals surface area contributed by atoms with Crippen LogP contribution in [0.5, 0.6) is 0 Å². The van der Waals surface area contributed by atoms with Gasteiger partial charge in [-0.2, -0.15) is 0 Å². The van der Waals surface area contributed by atoms with Gasteiger partial charge in [0.15, 0.2) is 0 Å². The predicted molar refractivity (Wildman–Crippen MR) is 97.2 cm³/mol. The molecule has 1 saturated carbocycles. The third-order valence-corrected chi connectivity index (χ3v) is 4.92. The van der Waals surface area contributed by atoms with Crippen LogP contribution in [0.25, 0.3) is 0 Å². The molecule has 5 heteroatoms. The minimum Gasteiger partial charge on any atom is -0.355 e. The molecule has 2 rings (SSSR count). The van der Waals surface area contributed by atoms with Gasteiger partial charge in [-0.3, -0.25) is 9.59 Å². The lowest BCUT2D eigenvalue weighted by Gasteiger charge is -2.44. The number of halogens is 1. The summed E-state index contributed by atoms with van der Waals surface area (Å²) in [6.45, 7) is 5.41. The Labute approximate surface area is 149 Å². The van der Waals surface area contributed by atoms with Gasteiger partial charge in [-0.15, -0.1) is 0 Å². The Kier molecular flexibility index (Phi) is 6.67. The highest BCUT2D eigenvalue weighted by atomic mass is 35.5. The Bertz CT molecular complexity index is 584. The third kappa shape index (κ3) is 4.10. The van der Waals surface area contributed by atoms with Gasteiger partial charge < -0.3 is 10.2 Å². The first-order chi connectivity index (χ1) is 11.5. The van der Waals surface area contributed by atoms with E-state index < -0.39 is 5.41 Å². The number of hydrogen-bond acceptors (Lipinski definition) is 2. The summed E-state index contributed by atoms with van der Waals surface area (Å²) in [5, 5.41) is 3.51. The second-order valence-corrected chi connectivity index (χ2v) is 6.96. The van der Waals surface area contributed by atoms with Crippen LogP contribution in [-0.4, -0.2) is 36.3 Å². The average Bonchev–Trinajstić information content (AvgIpc) is 2.51. The maximum atomic E-state index is 13.3. The first-order valence-electron chi connectivity index (χ1n) is 8.85. The number of benzene rings is 1. The molecule has 1 aromatic carbocycles. The molecular formula is C19H27ClN2O2. The summed E-state index contributed by atoms with van der Waals surface area (Å²) < 4.78 is 0. The van der Waals surface area contributed by atoms with Gasteiger partial charge in [0.1, 0.15) is 0 Å². The lowest BCUT2D eigenvalue weighted by Crippen LogP contribution is -2.53. The molecule has 24 heavy (non-hydrogen) atoms. The third-order valence-electron chi connectivity index (χ3n) is 4.68. The molecule has 0 radical (unpaired) electrons. The molecule has 0 unspecified atom stereocenters. The van der Waals surface area contributed by atoms with Crippen molar-refractivity contribution in [2.24, 2.45) is 0 Å². The molecular weight excluding hydrogens is 324 g/mol. The van der Waals surface area contributed by atoms with Crippen molar-refractivity contribution in [2.75, 3.05) is 19.6 Å². The monoisotopic (exact) mass is 350 g/mol. The van der Waals surface area contributed by atoms with E-state index in [2.05, 4.69) is 5.32 Å². The van der Waals surface area contributed by atoms with Crippen molar-refractivity contribution in [2.45, 2.75) is 51.4 Å². The van der Waals surface area contributed by atoms with Crippen LogP contribution in [0.4, 0.5) is 0 Å². The number of carbonyl (C=O) groups is 2. The van der Waals surface area contributed by atoms with Gasteiger partial charge in [-0.25, -0.2) is 0 Å². The number of nitrogens with zero attached hydrogens (tertiary/aromatic N) is 1. The minimum atomic E-state index is -0.509. The fourth-order valence-electron chi connectivity index (χ4n) is 3.26. The van der Waals surface area contributed by atoms with Crippen LogP contribution in [0, 0.1) is 0 Å². The predicted octanol–water partition coefficient (Wildman–Crippen LogP) is 3.53. The molecule has 1 fully saturated rings. The second-order valence-electron chi connectivity index (χ2n) is 6.52. The highest BCUT2D eigenvalue weighted by Crippen LogP contribution is 2.45. The Hall–Kier alpha value is -1.55. The lowest BCUT2D eigenvalue weighted by molar-refractivity contribution is -0.144. The van der Waals surface area contributed by atoms with Crippen molar-refractivity contribution in [3.8, 4) is 0 Å². The van der Waals surface area contributed by atoms with E-state index in [4.69, 9.17) is 11.6 Å². The van der Waals surface area contributed by atoms with E-state index >= 15 is 0 Å². The van der Waals surface area contributed by atoms with Crippen molar-refractivity contribution in [3.63, 3.8) is 0 Å². The lowest BCUT2D eigenvalue weighted by atomic mass is 9.63. The molecule has 0 aromatic heterocycles. The summed E-state index contributed by atoms with van der Waals surface area (Å²) in [7, 11) is 0. The molecule has 2 amide bonds.